The molecule has 0 N–H and O–H groups in total. The van der Waals surface area contributed by atoms with Gasteiger partial charge in [0.2, 0.25) is 0 Å². The molecule has 0 aromatic rings. The summed E-state index contributed by atoms with van der Waals surface area (Å²) in [6.45, 7) is 14.7. The Kier molecular flexibility index (Phi) is 27.2. The van der Waals surface area contributed by atoms with Crippen molar-refractivity contribution in [3.05, 3.63) is 0 Å². The van der Waals surface area contributed by atoms with Crippen molar-refractivity contribution in [2.45, 2.75) is 117 Å². The molecule has 4 nitrogen and oxygen atoms in total. The van der Waals surface area contributed by atoms with E-state index < -0.39 is 17.1 Å². The van der Waals surface area contributed by atoms with Gasteiger partial charge in [0.25, 0.3) is 0 Å². The normalized spacial score (nSPS) is 11.6. The summed E-state index contributed by atoms with van der Waals surface area (Å²) in [5.41, 5.74) is 0. The molecule has 180 valence electrons. The number of hydrogen-bond donors (Lipinski definition) is 0. The van der Waals surface area contributed by atoms with Crippen molar-refractivity contribution in [2.75, 3.05) is 27.4 Å². The van der Waals surface area contributed by atoms with E-state index in [4.69, 9.17) is 17.7 Å². The molecule has 7 heteroatoms. The summed E-state index contributed by atoms with van der Waals surface area (Å²) in [6.07, 6.45) is 9.89. The van der Waals surface area contributed by atoms with Crippen LogP contribution in [0.15, 0.2) is 0 Å². The summed E-state index contributed by atoms with van der Waals surface area (Å²) in [5.74, 6) is 0. The Morgan fingerprint density at radius 3 is 0.966 bits per heavy atom. The molecule has 0 saturated carbocycles. The van der Waals surface area contributed by atoms with Crippen LogP contribution in [0.2, 0.25) is 24.2 Å². The zero-order valence-corrected chi connectivity index (χ0v) is 22.5. The minimum Gasteiger partial charge on any atom is -0.398 e. The van der Waals surface area contributed by atoms with E-state index in [1.807, 2.05) is 0 Å². The van der Waals surface area contributed by atoms with Crippen LogP contribution >= 0.6 is 0 Å². The number of unbranched alkanes of at least 4 members (excludes halogenated alkanes) is 4. The van der Waals surface area contributed by atoms with Gasteiger partial charge in [-0.25, -0.2) is 0 Å². The van der Waals surface area contributed by atoms with Crippen molar-refractivity contribution in [1.82, 2.24) is 0 Å². The van der Waals surface area contributed by atoms with Crippen LogP contribution in [0.4, 0.5) is 0 Å². The molecular formula is C22H56O4Si3. The lowest BCUT2D eigenvalue weighted by Crippen LogP contribution is -2.42. The highest BCUT2D eigenvalue weighted by Gasteiger charge is 2.35. The highest BCUT2D eigenvalue weighted by Crippen LogP contribution is 2.25. The number of hydrogen-bond acceptors (Lipinski definition) is 4. The van der Waals surface area contributed by atoms with E-state index in [1.165, 1.54) is 63.5 Å². The number of rotatable bonds is 18. The predicted octanol–water partition coefficient (Wildman–Crippen LogP) is 5.97. The molecule has 0 aliphatic heterocycles. The maximum absolute atomic E-state index is 5.99. The average Bonchev–Trinajstić information content (AvgIpc) is 2.72. The van der Waals surface area contributed by atoms with Gasteiger partial charge < -0.3 is 17.7 Å². The monoisotopic (exact) mass is 468 g/mol. The second-order valence-electron chi connectivity index (χ2n) is 7.51. The van der Waals surface area contributed by atoms with Crippen molar-refractivity contribution in [1.29, 1.82) is 0 Å². The molecule has 0 aliphatic rings. The minimum absolute atomic E-state index is 0. The first-order valence-electron chi connectivity index (χ1n) is 11.9. The van der Waals surface area contributed by atoms with Gasteiger partial charge in [0.05, 0.1) is 0 Å². The van der Waals surface area contributed by atoms with Crippen molar-refractivity contribution < 1.29 is 17.7 Å². The lowest BCUT2D eigenvalue weighted by Gasteiger charge is -2.30. The highest BCUT2D eigenvalue weighted by molar-refractivity contribution is 6.67. The van der Waals surface area contributed by atoms with Gasteiger partial charge in [0, 0.05) is 27.4 Å². The Bertz CT molecular complexity index is 290. The maximum Gasteiger partial charge on any atom is 0.338 e. The fourth-order valence-corrected chi connectivity index (χ4v) is 10.1. The summed E-state index contributed by atoms with van der Waals surface area (Å²) in [6, 6.07) is 4.64. The van der Waals surface area contributed by atoms with Crippen LogP contribution in [0.5, 0.6) is 0 Å². The molecule has 0 fully saturated rings. The summed E-state index contributed by atoms with van der Waals surface area (Å²) >= 11 is 0. The van der Waals surface area contributed by atoms with E-state index in [-0.39, 0.29) is 11.0 Å². The maximum atomic E-state index is 5.99. The van der Waals surface area contributed by atoms with Crippen LogP contribution in [0, 0.1) is 0 Å². The second kappa shape index (κ2) is 23.2. The standard InChI is InChI=1S/C12H28O2Si.C10H24O2Si.H4Si/c1-5-9-11-15(13-7-3,14-8-4)12-10-6-2;1-5-7-9-13(11-3,12-4)10-8-6-2;/h5-12H2,1-4H3;5-10H2,1-4H3;1H4. The van der Waals surface area contributed by atoms with Gasteiger partial charge in [-0.15, -0.1) is 0 Å². The zero-order valence-electron chi connectivity index (χ0n) is 20.5. The molecule has 0 atom stereocenters. The van der Waals surface area contributed by atoms with Gasteiger partial charge in [-0.3, -0.25) is 0 Å². The van der Waals surface area contributed by atoms with Crippen LogP contribution < -0.4 is 0 Å². The average molecular weight is 469 g/mol. The lowest BCUT2D eigenvalue weighted by atomic mass is 10.4. The SMILES string of the molecule is CCCC[Si](CCCC)(OC)OC.CCCC[Si](CCCC)(OCC)OCC.[SiH4]. The third-order valence-electron chi connectivity index (χ3n) is 5.20. The molecule has 0 aliphatic carbocycles. The first-order valence-corrected chi connectivity index (χ1v) is 16.3. The molecule has 0 bridgehead atoms. The molecule has 0 saturated heterocycles. The van der Waals surface area contributed by atoms with Gasteiger partial charge in [-0.1, -0.05) is 79.1 Å². The van der Waals surface area contributed by atoms with Gasteiger partial charge in [-0.05, 0) is 49.0 Å². The summed E-state index contributed by atoms with van der Waals surface area (Å²) in [4.78, 5) is 0. The van der Waals surface area contributed by atoms with Crippen molar-refractivity contribution in [2.24, 2.45) is 0 Å². The molecule has 0 amide bonds. The van der Waals surface area contributed by atoms with Crippen LogP contribution in [-0.4, -0.2) is 55.5 Å². The molecule has 0 rings (SSSR count). The van der Waals surface area contributed by atoms with E-state index in [0.717, 1.165) is 25.3 Å². The van der Waals surface area contributed by atoms with E-state index in [9.17, 15) is 0 Å². The summed E-state index contributed by atoms with van der Waals surface area (Å²) < 4.78 is 23.2. The van der Waals surface area contributed by atoms with Crippen molar-refractivity contribution in [3.63, 3.8) is 0 Å². The smallest absolute Gasteiger partial charge is 0.338 e. The third-order valence-corrected chi connectivity index (χ3v) is 12.8. The first kappa shape index (κ1) is 34.1. The van der Waals surface area contributed by atoms with E-state index in [1.54, 1.807) is 14.2 Å². The highest BCUT2D eigenvalue weighted by atomic mass is 28.4. The molecule has 29 heavy (non-hydrogen) atoms. The largest absolute Gasteiger partial charge is 0.398 e. The summed E-state index contributed by atoms with van der Waals surface area (Å²) in [7, 11) is -0.00968. The molecule has 0 aromatic carbocycles. The third kappa shape index (κ3) is 16.8. The topological polar surface area (TPSA) is 36.9 Å². The molecular weight excluding hydrogens is 412 g/mol. The Morgan fingerprint density at radius 1 is 0.483 bits per heavy atom. The van der Waals surface area contributed by atoms with Crippen molar-refractivity contribution in [3.8, 4) is 0 Å². The Balaban J connectivity index is -0.000000455. The molecule has 0 heterocycles. The van der Waals surface area contributed by atoms with E-state index in [2.05, 4.69) is 41.5 Å². The molecule has 0 unspecified atom stereocenters. The molecule has 0 spiro atoms. The first-order chi connectivity index (χ1) is 13.5. The second-order valence-corrected chi connectivity index (χ2v) is 14.5. The molecule has 0 aromatic heterocycles. The predicted molar refractivity (Wildman–Crippen MR) is 139 cm³/mol. The van der Waals surface area contributed by atoms with Crippen LogP contribution in [0.1, 0.15) is 92.9 Å². The Morgan fingerprint density at radius 2 is 0.759 bits per heavy atom. The Labute approximate surface area is 190 Å². The Hall–Kier alpha value is 0.491. The van der Waals surface area contributed by atoms with E-state index in [0.29, 0.717) is 0 Å². The van der Waals surface area contributed by atoms with Crippen LogP contribution in [0.25, 0.3) is 0 Å². The van der Waals surface area contributed by atoms with Gasteiger partial charge in [0.1, 0.15) is 0 Å². The zero-order chi connectivity index (χ0) is 21.7. The van der Waals surface area contributed by atoms with Gasteiger partial charge in [0.15, 0.2) is 0 Å². The van der Waals surface area contributed by atoms with Gasteiger partial charge >= 0.3 is 17.1 Å². The minimum atomic E-state index is -1.84. The van der Waals surface area contributed by atoms with Crippen molar-refractivity contribution >= 4 is 28.1 Å². The fraction of sp³-hybridized carbons (Fsp3) is 1.00. The molecule has 0 radical (unpaired) electrons. The van der Waals surface area contributed by atoms with Crippen LogP contribution in [-0.2, 0) is 17.7 Å². The fourth-order valence-electron chi connectivity index (χ4n) is 3.38. The van der Waals surface area contributed by atoms with E-state index >= 15 is 0 Å². The van der Waals surface area contributed by atoms with Crippen LogP contribution in [0.3, 0.4) is 0 Å². The van der Waals surface area contributed by atoms with Gasteiger partial charge in [-0.2, -0.15) is 0 Å². The quantitative estimate of drug-likeness (QED) is 0.232. The summed E-state index contributed by atoms with van der Waals surface area (Å²) in [5, 5.41) is 0. The lowest BCUT2D eigenvalue weighted by molar-refractivity contribution is 0.180.